The van der Waals surface area contributed by atoms with Crippen LogP contribution in [-0.4, -0.2) is 26.2 Å². The van der Waals surface area contributed by atoms with Gasteiger partial charge in [-0.15, -0.1) is 35.3 Å². The lowest BCUT2D eigenvalue weighted by Gasteiger charge is -2.32. The van der Waals surface area contributed by atoms with Crippen LogP contribution in [0.1, 0.15) is 34.3 Å². The number of nitrogens with one attached hydrogen (secondary N) is 2. The first kappa shape index (κ1) is 21.2. The summed E-state index contributed by atoms with van der Waals surface area (Å²) < 4.78 is 6.08. The fourth-order valence-corrected chi connectivity index (χ4v) is 4.09. The molecule has 2 aromatic rings. The Morgan fingerprint density at radius 3 is 2.69 bits per heavy atom. The summed E-state index contributed by atoms with van der Waals surface area (Å²) in [5, 5.41) is 6.88. The van der Waals surface area contributed by atoms with Crippen molar-refractivity contribution >= 4 is 41.3 Å². The van der Waals surface area contributed by atoms with Gasteiger partial charge in [-0.1, -0.05) is 30.3 Å². The number of benzene rings is 1. The molecule has 2 unspecified atom stereocenters. The van der Waals surface area contributed by atoms with E-state index in [1.165, 1.54) is 21.7 Å². The van der Waals surface area contributed by atoms with Gasteiger partial charge in [0.15, 0.2) is 5.96 Å². The molecule has 142 valence electrons. The van der Waals surface area contributed by atoms with Gasteiger partial charge in [0.1, 0.15) is 0 Å². The van der Waals surface area contributed by atoms with Gasteiger partial charge in [-0.2, -0.15) is 0 Å². The highest BCUT2D eigenvalue weighted by Gasteiger charge is 2.27. The van der Waals surface area contributed by atoms with Gasteiger partial charge in [-0.3, -0.25) is 4.99 Å². The van der Waals surface area contributed by atoms with Crippen LogP contribution in [0.4, 0.5) is 0 Å². The minimum absolute atomic E-state index is 0. The number of thiophene rings is 1. The van der Waals surface area contributed by atoms with E-state index in [1.54, 1.807) is 0 Å². The van der Waals surface area contributed by atoms with E-state index in [9.17, 15) is 0 Å². The molecule has 0 amide bonds. The van der Waals surface area contributed by atoms with Crippen LogP contribution in [0.25, 0.3) is 0 Å². The first-order valence-corrected chi connectivity index (χ1v) is 9.74. The fourth-order valence-electron chi connectivity index (χ4n) is 3.26. The van der Waals surface area contributed by atoms with Crippen molar-refractivity contribution in [2.75, 3.05) is 20.2 Å². The lowest BCUT2D eigenvalue weighted by atomic mass is 9.89. The van der Waals surface area contributed by atoms with Crippen LogP contribution >= 0.6 is 35.3 Å². The normalized spacial score (nSPS) is 20.3. The van der Waals surface area contributed by atoms with Crippen LogP contribution in [0.5, 0.6) is 0 Å². The molecule has 0 radical (unpaired) electrons. The van der Waals surface area contributed by atoms with E-state index >= 15 is 0 Å². The third-order valence-corrected chi connectivity index (χ3v) is 5.55. The summed E-state index contributed by atoms with van der Waals surface area (Å²) in [6, 6.07) is 14.9. The first-order chi connectivity index (χ1) is 12.3. The Kier molecular flexibility index (Phi) is 8.87. The summed E-state index contributed by atoms with van der Waals surface area (Å²) in [6.45, 7) is 4.65. The van der Waals surface area contributed by atoms with E-state index in [2.05, 4.69) is 65.0 Å². The van der Waals surface area contributed by atoms with Gasteiger partial charge in [-0.25, -0.2) is 0 Å². The molecule has 2 N–H and O–H groups in total. The average Bonchev–Trinajstić information content (AvgIpc) is 3.08. The third kappa shape index (κ3) is 5.96. The van der Waals surface area contributed by atoms with Crippen LogP contribution in [0, 0.1) is 12.8 Å². The lowest BCUT2D eigenvalue weighted by Crippen LogP contribution is -2.41. The molecular formula is C20H28IN3OS. The molecule has 3 rings (SSSR count). The summed E-state index contributed by atoms with van der Waals surface area (Å²) in [7, 11) is 1.82. The van der Waals surface area contributed by atoms with Gasteiger partial charge in [0.2, 0.25) is 0 Å². The summed E-state index contributed by atoms with van der Waals surface area (Å²) in [5.74, 6) is 1.31. The largest absolute Gasteiger partial charge is 0.373 e. The van der Waals surface area contributed by atoms with Crippen molar-refractivity contribution in [3.05, 3.63) is 57.8 Å². The minimum Gasteiger partial charge on any atom is -0.373 e. The van der Waals surface area contributed by atoms with E-state index in [4.69, 9.17) is 4.74 Å². The highest BCUT2D eigenvalue weighted by atomic mass is 127. The van der Waals surface area contributed by atoms with Crippen LogP contribution in [0.3, 0.4) is 0 Å². The van der Waals surface area contributed by atoms with Crippen LogP contribution in [0.2, 0.25) is 0 Å². The zero-order chi connectivity index (χ0) is 17.5. The maximum Gasteiger partial charge on any atom is 0.191 e. The summed E-state index contributed by atoms with van der Waals surface area (Å²) in [6.07, 6.45) is 2.46. The molecular weight excluding hydrogens is 457 g/mol. The predicted octanol–water partition coefficient (Wildman–Crippen LogP) is 4.51. The number of nitrogens with zero attached hydrogens (tertiary/aromatic N) is 1. The molecule has 0 aliphatic carbocycles. The predicted molar refractivity (Wildman–Crippen MR) is 121 cm³/mol. The lowest BCUT2D eigenvalue weighted by molar-refractivity contribution is -0.0265. The van der Waals surface area contributed by atoms with Crippen molar-refractivity contribution in [2.24, 2.45) is 10.9 Å². The summed E-state index contributed by atoms with van der Waals surface area (Å²) >= 11 is 1.82. The molecule has 1 aromatic heterocycles. The van der Waals surface area contributed by atoms with Crippen LogP contribution in [-0.2, 0) is 11.3 Å². The van der Waals surface area contributed by atoms with Gasteiger partial charge in [0.25, 0.3) is 0 Å². The van der Waals surface area contributed by atoms with Gasteiger partial charge >= 0.3 is 0 Å². The highest BCUT2D eigenvalue weighted by molar-refractivity contribution is 14.0. The minimum atomic E-state index is 0. The van der Waals surface area contributed by atoms with Gasteiger partial charge in [-0.05, 0) is 37.5 Å². The fraction of sp³-hybridized carbons (Fsp3) is 0.450. The monoisotopic (exact) mass is 485 g/mol. The molecule has 6 heteroatoms. The SMILES string of the molecule is CN=C(NCc1ccc(C)s1)NCC1CCCOC1c1ccccc1.I. The van der Waals surface area contributed by atoms with Gasteiger partial charge in [0, 0.05) is 35.9 Å². The highest BCUT2D eigenvalue weighted by Crippen LogP contribution is 2.33. The second kappa shape index (κ2) is 10.9. The van der Waals surface area contributed by atoms with E-state index in [0.717, 1.165) is 32.1 Å². The smallest absolute Gasteiger partial charge is 0.191 e. The number of guanidine groups is 1. The van der Waals surface area contributed by atoms with Crippen molar-refractivity contribution in [1.82, 2.24) is 10.6 Å². The number of hydrogen-bond donors (Lipinski definition) is 2. The molecule has 1 saturated heterocycles. The molecule has 0 spiro atoms. The van der Waals surface area contributed by atoms with Crippen LogP contribution in [0.15, 0.2) is 47.5 Å². The Balaban J connectivity index is 0.00000243. The number of ether oxygens (including phenoxy) is 1. The van der Waals surface area contributed by atoms with Crippen molar-refractivity contribution in [3.8, 4) is 0 Å². The summed E-state index contributed by atoms with van der Waals surface area (Å²) in [5.41, 5.74) is 1.27. The Morgan fingerprint density at radius 2 is 2.00 bits per heavy atom. The van der Waals surface area contributed by atoms with Crippen molar-refractivity contribution in [1.29, 1.82) is 0 Å². The molecule has 1 aliphatic rings. The maximum absolute atomic E-state index is 6.08. The molecule has 0 saturated carbocycles. The quantitative estimate of drug-likeness (QED) is 0.372. The third-order valence-electron chi connectivity index (χ3n) is 4.55. The van der Waals surface area contributed by atoms with Crippen molar-refractivity contribution < 1.29 is 4.74 Å². The molecule has 1 aliphatic heterocycles. The Bertz CT molecular complexity index is 689. The van der Waals surface area contributed by atoms with Crippen molar-refractivity contribution in [2.45, 2.75) is 32.4 Å². The number of rotatable bonds is 5. The average molecular weight is 485 g/mol. The second-order valence-electron chi connectivity index (χ2n) is 6.42. The van der Waals surface area contributed by atoms with Crippen molar-refractivity contribution in [3.63, 3.8) is 0 Å². The topological polar surface area (TPSA) is 45.7 Å². The Morgan fingerprint density at radius 1 is 1.19 bits per heavy atom. The number of halogens is 1. The van der Waals surface area contributed by atoms with E-state index in [0.29, 0.717) is 5.92 Å². The molecule has 2 atom stereocenters. The molecule has 1 aromatic carbocycles. The maximum atomic E-state index is 6.08. The number of hydrogen-bond acceptors (Lipinski definition) is 3. The zero-order valence-corrected chi connectivity index (χ0v) is 18.6. The number of aliphatic imine (C=N–C) groups is 1. The van der Waals surface area contributed by atoms with Gasteiger partial charge < -0.3 is 15.4 Å². The molecule has 4 nitrogen and oxygen atoms in total. The van der Waals surface area contributed by atoms with Crippen LogP contribution < -0.4 is 10.6 Å². The van der Waals surface area contributed by atoms with E-state index in [-0.39, 0.29) is 30.1 Å². The molecule has 1 fully saturated rings. The summed E-state index contributed by atoms with van der Waals surface area (Å²) in [4.78, 5) is 7.01. The Hall–Kier alpha value is -1.12. The molecule has 2 heterocycles. The number of aryl methyl sites for hydroxylation is 1. The zero-order valence-electron chi connectivity index (χ0n) is 15.4. The standard InChI is InChI=1S/C20H27N3OS.HI/c1-15-10-11-18(25-15)14-23-20(21-2)22-13-17-9-6-12-24-19(17)16-7-4-3-5-8-16;/h3-5,7-8,10-11,17,19H,6,9,12-14H2,1-2H3,(H2,21,22,23);1H. The Labute approximate surface area is 177 Å². The van der Waals surface area contributed by atoms with E-state index in [1.807, 2.05) is 18.4 Å². The molecule has 0 bridgehead atoms. The molecule has 26 heavy (non-hydrogen) atoms. The second-order valence-corrected chi connectivity index (χ2v) is 7.80. The first-order valence-electron chi connectivity index (χ1n) is 8.92. The van der Waals surface area contributed by atoms with Gasteiger partial charge in [0.05, 0.1) is 12.6 Å². The van der Waals surface area contributed by atoms with E-state index < -0.39 is 0 Å².